The Morgan fingerprint density at radius 1 is 1.40 bits per heavy atom. The summed E-state index contributed by atoms with van der Waals surface area (Å²) in [6.07, 6.45) is 1.72. The predicted octanol–water partition coefficient (Wildman–Crippen LogP) is 1.49. The highest BCUT2D eigenvalue weighted by atomic mass is 16.5. The molecule has 20 heavy (non-hydrogen) atoms. The maximum Gasteiger partial charge on any atom is 0.427 e. The fraction of sp³-hybridized carbons (Fsp3) is 0.154. The summed E-state index contributed by atoms with van der Waals surface area (Å²) in [7, 11) is 2.72. The van der Waals surface area contributed by atoms with Gasteiger partial charge in [0, 0.05) is 0 Å². The molecule has 0 spiro atoms. The van der Waals surface area contributed by atoms with Gasteiger partial charge in [0.1, 0.15) is 17.6 Å². The lowest BCUT2D eigenvalue weighted by Crippen LogP contribution is -2.18. The lowest BCUT2D eigenvalue weighted by molar-refractivity contribution is 0.171. The van der Waals surface area contributed by atoms with Crippen molar-refractivity contribution in [2.24, 2.45) is 5.10 Å². The van der Waals surface area contributed by atoms with Crippen LogP contribution in [0.1, 0.15) is 5.56 Å². The number of fused-ring (bicyclic) bond motifs is 1. The van der Waals surface area contributed by atoms with E-state index in [1.165, 1.54) is 26.7 Å². The zero-order valence-corrected chi connectivity index (χ0v) is 10.9. The van der Waals surface area contributed by atoms with Crippen LogP contribution in [0.5, 0.6) is 5.75 Å². The second-order valence-electron chi connectivity index (χ2n) is 3.74. The monoisotopic (exact) mass is 276 g/mol. The van der Waals surface area contributed by atoms with Gasteiger partial charge in [0.05, 0.1) is 31.4 Å². The van der Waals surface area contributed by atoms with E-state index in [-0.39, 0.29) is 11.0 Å². The molecule has 0 radical (unpaired) electrons. The Labute approximate surface area is 113 Å². The van der Waals surface area contributed by atoms with Crippen LogP contribution in [0, 0.1) is 0 Å². The molecule has 0 atom stereocenters. The Morgan fingerprint density at radius 3 is 2.90 bits per heavy atom. The maximum absolute atomic E-state index is 12.2. The molecule has 104 valence electrons. The van der Waals surface area contributed by atoms with Gasteiger partial charge in [0.25, 0.3) is 0 Å². The third-order valence-corrected chi connectivity index (χ3v) is 2.55. The molecule has 0 saturated carbocycles. The van der Waals surface area contributed by atoms with Crippen LogP contribution in [0.2, 0.25) is 0 Å². The summed E-state index contributed by atoms with van der Waals surface area (Å²) in [5.74, 6) is 0.548. The van der Waals surface area contributed by atoms with Gasteiger partial charge in [0.2, 0.25) is 5.43 Å². The van der Waals surface area contributed by atoms with E-state index in [9.17, 15) is 9.59 Å². The Balaban J connectivity index is 2.38. The molecule has 7 heteroatoms. The van der Waals surface area contributed by atoms with E-state index in [2.05, 4.69) is 15.3 Å². The minimum Gasteiger partial charge on any atom is -0.497 e. The number of amides is 1. The molecule has 0 unspecified atom stereocenters. The molecule has 2 aromatic rings. The summed E-state index contributed by atoms with van der Waals surface area (Å²) in [4.78, 5) is 23.0. The summed E-state index contributed by atoms with van der Waals surface area (Å²) < 4.78 is 14.7. The van der Waals surface area contributed by atoms with E-state index in [1.807, 2.05) is 0 Å². The first-order valence-electron chi connectivity index (χ1n) is 5.62. The molecule has 2 rings (SSSR count). The van der Waals surface area contributed by atoms with E-state index < -0.39 is 6.09 Å². The first-order chi connectivity index (χ1) is 9.65. The van der Waals surface area contributed by atoms with Crippen molar-refractivity contribution in [2.75, 3.05) is 14.2 Å². The molecule has 0 fully saturated rings. The molecule has 1 amide bonds. The molecule has 1 heterocycles. The average molecular weight is 276 g/mol. The molecule has 1 N–H and O–H groups in total. The standard InChI is InChI=1S/C13H12N2O5/c1-18-9-3-4-11-10(5-9)12(16)8(7-20-11)6-14-15-13(17)19-2/h3-7H,1-2H3,(H,15,17)/b14-6+. The third kappa shape index (κ3) is 2.77. The van der Waals surface area contributed by atoms with Crippen LogP contribution in [0.15, 0.2) is 38.8 Å². The van der Waals surface area contributed by atoms with Gasteiger partial charge in [0.15, 0.2) is 0 Å². The second-order valence-corrected chi connectivity index (χ2v) is 3.74. The van der Waals surface area contributed by atoms with Crippen molar-refractivity contribution in [3.05, 3.63) is 40.2 Å². The van der Waals surface area contributed by atoms with Crippen LogP contribution in [0.4, 0.5) is 4.79 Å². The van der Waals surface area contributed by atoms with Crippen LogP contribution in [0.25, 0.3) is 11.0 Å². The van der Waals surface area contributed by atoms with Gasteiger partial charge in [-0.25, -0.2) is 10.2 Å². The van der Waals surface area contributed by atoms with Gasteiger partial charge in [-0.15, -0.1) is 0 Å². The minimum absolute atomic E-state index is 0.196. The normalized spacial score (nSPS) is 10.7. The molecule has 1 aromatic carbocycles. The van der Waals surface area contributed by atoms with Crippen molar-refractivity contribution in [3.8, 4) is 5.75 Å². The number of ether oxygens (including phenoxy) is 2. The van der Waals surface area contributed by atoms with Crippen molar-refractivity contribution in [2.45, 2.75) is 0 Å². The summed E-state index contributed by atoms with van der Waals surface area (Å²) in [6.45, 7) is 0. The number of nitrogens with one attached hydrogen (secondary N) is 1. The Kier molecular flexibility index (Phi) is 3.99. The van der Waals surface area contributed by atoms with Gasteiger partial charge in [-0.1, -0.05) is 0 Å². The molecule has 0 bridgehead atoms. The van der Waals surface area contributed by atoms with E-state index in [0.29, 0.717) is 16.7 Å². The first-order valence-corrected chi connectivity index (χ1v) is 5.62. The van der Waals surface area contributed by atoms with E-state index in [4.69, 9.17) is 9.15 Å². The van der Waals surface area contributed by atoms with Crippen molar-refractivity contribution < 1.29 is 18.7 Å². The number of rotatable bonds is 3. The quantitative estimate of drug-likeness (QED) is 0.677. The van der Waals surface area contributed by atoms with Gasteiger partial charge in [-0.3, -0.25) is 4.79 Å². The van der Waals surface area contributed by atoms with Crippen LogP contribution in [-0.4, -0.2) is 26.5 Å². The number of carbonyl (C=O) groups is 1. The molecule has 7 nitrogen and oxygen atoms in total. The number of methoxy groups -OCH3 is 2. The van der Waals surface area contributed by atoms with Crippen molar-refractivity contribution in [3.63, 3.8) is 0 Å². The van der Waals surface area contributed by atoms with E-state index in [0.717, 1.165) is 0 Å². The topological polar surface area (TPSA) is 90.1 Å². The highest BCUT2D eigenvalue weighted by Crippen LogP contribution is 2.18. The number of hydrogen-bond acceptors (Lipinski definition) is 6. The molecule has 1 aromatic heterocycles. The predicted molar refractivity (Wildman–Crippen MR) is 72.2 cm³/mol. The maximum atomic E-state index is 12.2. The molecular weight excluding hydrogens is 264 g/mol. The van der Waals surface area contributed by atoms with Gasteiger partial charge in [-0.05, 0) is 18.2 Å². The summed E-state index contributed by atoms with van der Waals surface area (Å²) >= 11 is 0. The fourth-order valence-corrected chi connectivity index (χ4v) is 1.54. The molecule has 0 aliphatic rings. The number of hydrazone groups is 1. The van der Waals surface area contributed by atoms with Crippen molar-refractivity contribution >= 4 is 23.3 Å². The molecular formula is C13H12N2O5. The summed E-state index contributed by atoms with van der Waals surface area (Å²) in [6, 6.07) is 4.91. The fourth-order valence-electron chi connectivity index (χ4n) is 1.54. The zero-order valence-electron chi connectivity index (χ0n) is 10.9. The number of carbonyl (C=O) groups excluding carboxylic acids is 1. The SMILES string of the molecule is COC(=O)N/N=C/c1coc2ccc(OC)cc2c1=O. The minimum atomic E-state index is -0.729. The lowest BCUT2D eigenvalue weighted by atomic mass is 10.2. The van der Waals surface area contributed by atoms with Crippen LogP contribution < -0.4 is 15.6 Å². The van der Waals surface area contributed by atoms with Crippen LogP contribution in [-0.2, 0) is 4.74 Å². The van der Waals surface area contributed by atoms with E-state index in [1.54, 1.807) is 18.2 Å². The molecule has 0 saturated heterocycles. The average Bonchev–Trinajstić information content (AvgIpc) is 2.49. The first kappa shape index (κ1) is 13.6. The highest BCUT2D eigenvalue weighted by Gasteiger charge is 2.06. The smallest absolute Gasteiger partial charge is 0.427 e. The number of benzene rings is 1. The summed E-state index contributed by atoms with van der Waals surface area (Å²) in [5.41, 5.74) is 2.44. The molecule has 0 aliphatic carbocycles. The third-order valence-electron chi connectivity index (χ3n) is 2.55. The van der Waals surface area contributed by atoms with E-state index >= 15 is 0 Å². The second kappa shape index (κ2) is 5.87. The van der Waals surface area contributed by atoms with Crippen molar-refractivity contribution in [1.82, 2.24) is 5.43 Å². The Hall–Kier alpha value is -2.83. The summed E-state index contributed by atoms with van der Waals surface area (Å²) in [5, 5.41) is 3.95. The van der Waals surface area contributed by atoms with Gasteiger partial charge < -0.3 is 13.9 Å². The van der Waals surface area contributed by atoms with Crippen LogP contribution >= 0.6 is 0 Å². The van der Waals surface area contributed by atoms with Crippen molar-refractivity contribution in [1.29, 1.82) is 0 Å². The number of nitrogens with zero attached hydrogens (tertiary/aromatic N) is 1. The highest BCUT2D eigenvalue weighted by molar-refractivity contribution is 5.87. The van der Waals surface area contributed by atoms with Crippen LogP contribution in [0.3, 0.4) is 0 Å². The lowest BCUT2D eigenvalue weighted by Gasteiger charge is -2.02. The zero-order chi connectivity index (χ0) is 14.5. The molecule has 0 aliphatic heterocycles. The van der Waals surface area contributed by atoms with Gasteiger partial charge in [-0.2, -0.15) is 5.10 Å². The number of hydrogen-bond donors (Lipinski definition) is 1. The van der Waals surface area contributed by atoms with Gasteiger partial charge >= 0.3 is 6.09 Å². The Bertz CT molecular complexity index is 720. The Morgan fingerprint density at radius 2 is 2.20 bits per heavy atom. The largest absolute Gasteiger partial charge is 0.497 e.